The van der Waals surface area contributed by atoms with E-state index in [1.165, 1.54) is 14.2 Å². The van der Waals surface area contributed by atoms with Crippen molar-refractivity contribution in [1.29, 1.82) is 0 Å². The van der Waals surface area contributed by atoms with E-state index >= 15 is 0 Å². The van der Waals surface area contributed by atoms with E-state index < -0.39 is 0 Å². The fourth-order valence-electron chi connectivity index (χ4n) is 2.14. The molecule has 0 aromatic heterocycles. The lowest BCUT2D eigenvalue weighted by Crippen LogP contribution is -2.13. The molecule has 0 aliphatic rings. The Morgan fingerprint density at radius 2 is 1.70 bits per heavy atom. The smallest absolute Gasteiger partial charge is 0.224 e. The molecular formula is C18H19NO4. The highest BCUT2D eigenvalue weighted by Gasteiger charge is 2.15. The Labute approximate surface area is 135 Å². The molecule has 1 amide bonds. The van der Waals surface area contributed by atoms with Gasteiger partial charge in [0.25, 0.3) is 0 Å². The lowest BCUT2D eigenvalue weighted by molar-refractivity contribution is -0.116. The fraction of sp³-hybridized carbons (Fsp3) is 0.222. The number of methoxy groups -OCH3 is 2. The van der Waals surface area contributed by atoms with Crippen LogP contribution >= 0.6 is 0 Å². The molecule has 5 nitrogen and oxygen atoms in total. The number of ether oxygens (including phenoxy) is 2. The van der Waals surface area contributed by atoms with Gasteiger partial charge in [-0.25, -0.2) is 0 Å². The SMILES string of the molecule is COc1ccc(OC)c(C(=O)CCC(=O)Nc2ccccc2)c1. The number of ketones is 1. The number of para-hydroxylation sites is 1. The molecule has 120 valence electrons. The number of Topliss-reactive ketones (excluding diaryl/α,β-unsaturated/α-hetero) is 1. The highest BCUT2D eigenvalue weighted by Crippen LogP contribution is 2.25. The first-order valence-electron chi connectivity index (χ1n) is 7.24. The van der Waals surface area contributed by atoms with Crippen LogP contribution in [0.4, 0.5) is 5.69 Å². The van der Waals surface area contributed by atoms with Crippen molar-refractivity contribution >= 4 is 17.4 Å². The Hall–Kier alpha value is -2.82. The zero-order valence-corrected chi connectivity index (χ0v) is 13.2. The Kier molecular flexibility index (Phi) is 5.74. The summed E-state index contributed by atoms with van der Waals surface area (Å²) in [7, 11) is 3.03. The fourth-order valence-corrected chi connectivity index (χ4v) is 2.14. The van der Waals surface area contributed by atoms with E-state index in [9.17, 15) is 9.59 Å². The van der Waals surface area contributed by atoms with Gasteiger partial charge in [0.05, 0.1) is 19.8 Å². The van der Waals surface area contributed by atoms with Gasteiger partial charge in [-0.15, -0.1) is 0 Å². The van der Waals surface area contributed by atoms with Crippen LogP contribution in [0.5, 0.6) is 11.5 Å². The highest BCUT2D eigenvalue weighted by atomic mass is 16.5. The first-order chi connectivity index (χ1) is 11.1. The third-order valence-corrected chi connectivity index (χ3v) is 3.34. The number of hydrogen-bond acceptors (Lipinski definition) is 4. The number of benzene rings is 2. The van der Waals surface area contributed by atoms with Gasteiger partial charge in [-0.1, -0.05) is 18.2 Å². The Morgan fingerprint density at radius 1 is 0.957 bits per heavy atom. The minimum Gasteiger partial charge on any atom is -0.497 e. The molecule has 0 fully saturated rings. The average Bonchev–Trinajstić information content (AvgIpc) is 2.60. The second kappa shape index (κ2) is 7.98. The van der Waals surface area contributed by atoms with Crippen molar-refractivity contribution in [2.45, 2.75) is 12.8 Å². The molecule has 0 heterocycles. The standard InChI is InChI=1S/C18H19NO4/c1-22-14-8-10-17(23-2)15(12-14)16(20)9-11-18(21)19-13-6-4-3-5-7-13/h3-8,10,12H,9,11H2,1-2H3,(H,19,21). The normalized spacial score (nSPS) is 10.0. The molecule has 0 spiro atoms. The molecule has 1 N–H and O–H groups in total. The average molecular weight is 313 g/mol. The van der Waals surface area contributed by atoms with Crippen molar-refractivity contribution in [1.82, 2.24) is 0 Å². The molecule has 2 aromatic rings. The van der Waals surface area contributed by atoms with Gasteiger partial charge in [-0.3, -0.25) is 9.59 Å². The van der Waals surface area contributed by atoms with Crippen LogP contribution in [0, 0.1) is 0 Å². The van der Waals surface area contributed by atoms with E-state index in [1.807, 2.05) is 18.2 Å². The summed E-state index contributed by atoms with van der Waals surface area (Å²) in [5.41, 5.74) is 1.13. The summed E-state index contributed by atoms with van der Waals surface area (Å²) in [5.74, 6) is 0.678. The van der Waals surface area contributed by atoms with Crippen molar-refractivity contribution in [3.8, 4) is 11.5 Å². The molecule has 23 heavy (non-hydrogen) atoms. The number of anilines is 1. The van der Waals surface area contributed by atoms with Gasteiger partial charge in [0.2, 0.25) is 5.91 Å². The lowest BCUT2D eigenvalue weighted by atomic mass is 10.0. The molecular weight excluding hydrogens is 294 g/mol. The second-order valence-corrected chi connectivity index (χ2v) is 4.90. The maximum atomic E-state index is 12.3. The first kappa shape index (κ1) is 16.5. The molecule has 0 atom stereocenters. The van der Waals surface area contributed by atoms with E-state index in [-0.39, 0.29) is 24.5 Å². The number of carbonyl (C=O) groups excluding carboxylic acids is 2. The number of nitrogens with one attached hydrogen (secondary N) is 1. The molecule has 0 aliphatic carbocycles. The number of hydrogen-bond donors (Lipinski definition) is 1. The summed E-state index contributed by atoms with van der Waals surface area (Å²) in [4.78, 5) is 24.2. The highest BCUT2D eigenvalue weighted by molar-refractivity contribution is 6.02. The van der Waals surface area contributed by atoms with Crippen LogP contribution in [-0.2, 0) is 4.79 Å². The van der Waals surface area contributed by atoms with Gasteiger partial charge in [0.15, 0.2) is 5.78 Å². The quantitative estimate of drug-likeness (QED) is 0.797. The summed E-state index contributed by atoms with van der Waals surface area (Å²) < 4.78 is 10.3. The molecule has 0 aliphatic heterocycles. The maximum absolute atomic E-state index is 12.3. The topological polar surface area (TPSA) is 64.6 Å². The number of amides is 1. The van der Waals surface area contributed by atoms with E-state index in [2.05, 4.69) is 5.32 Å². The van der Waals surface area contributed by atoms with E-state index in [4.69, 9.17) is 9.47 Å². The van der Waals surface area contributed by atoms with Crippen LogP contribution in [0.3, 0.4) is 0 Å². The lowest BCUT2D eigenvalue weighted by Gasteiger charge is -2.10. The van der Waals surface area contributed by atoms with E-state index in [1.54, 1.807) is 30.3 Å². The third kappa shape index (κ3) is 4.57. The van der Waals surface area contributed by atoms with Gasteiger partial charge in [0, 0.05) is 18.5 Å². The summed E-state index contributed by atoms with van der Waals surface area (Å²) in [6, 6.07) is 14.2. The first-order valence-corrected chi connectivity index (χ1v) is 7.24. The molecule has 0 saturated heterocycles. The predicted octanol–water partition coefficient (Wildman–Crippen LogP) is 3.31. The molecule has 5 heteroatoms. The maximum Gasteiger partial charge on any atom is 0.224 e. The molecule has 0 radical (unpaired) electrons. The monoisotopic (exact) mass is 313 g/mol. The third-order valence-electron chi connectivity index (χ3n) is 3.34. The summed E-state index contributed by atoms with van der Waals surface area (Å²) in [6.07, 6.45) is 0.205. The van der Waals surface area contributed by atoms with Gasteiger partial charge in [0.1, 0.15) is 11.5 Å². The van der Waals surface area contributed by atoms with Gasteiger partial charge >= 0.3 is 0 Å². The Morgan fingerprint density at radius 3 is 2.35 bits per heavy atom. The zero-order chi connectivity index (χ0) is 16.7. The van der Waals surface area contributed by atoms with Crippen LogP contribution in [0.25, 0.3) is 0 Å². The predicted molar refractivity (Wildman–Crippen MR) is 88.2 cm³/mol. The van der Waals surface area contributed by atoms with Crippen LogP contribution < -0.4 is 14.8 Å². The van der Waals surface area contributed by atoms with Crippen molar-refractivity contribution < 1.29 is 19.1 Å². The minimum atomic E-state index is -0.202. The van der Waals surface area contributed by atoms with Crippen molar-refractivity contribution in [3.63, 3.8) is 0 Å². The molecule has 2 rings (SSSR count). The summed E-state index contributed by atoms with van der Waals surface area (Å²) >= 11 is 0. The van der Waals surface area contributed by atoms with Crippen LogP contribution in [0.15, 0.2) is 48.5 Å². The van der Waals surface area contributed by atoms with Crippen molar-refractivity contribution in [3.05, 3.63) is 54.1 Å². The Bertz CT molecular complexity index is 683. The molecule has 0 saturated carbocycles. The van der Waals surface area contributed by atoms with Crippen LogP contribution in [-0.4, -0.2) is 25.9 Å². The zero-order valence-electron chi connectivity index (χ0n) is 13.2. The minimum absolute atomic E-state index is 0.0994. The molecule has 0 unspecified atom stereocenters. The van der Waals surface area contributed by atoms with Gasteiger partial charge in [-0.05, 0) is 30.3 Å². The Balaban J connectivity index is 1.98. The van der Waals surface area contributed by atoms with Gasteiger partial charge in [-0.2, -0.15) is 0 Å². The summed E-state index contributed by atoms with van der Waals surface area (Å²) in [5, 5.41) is 2.75. The number of rotatable bonds is 7. The second-order valence-electron chi connectivity index (χ2n) is 4.90. The van der Waals surface area contributed by atoms with E-state index in [0.29, 0.717) is 22.7 Å². The number of carbonyl (C=O) groups is 2. The summed E-state index contributed by atoms with van der Waals surface area (Å²) in [6.45, 7) is 0. The van der Waals surface area contributed by atoms with Crippen LogP contribution in [0.1, 0.15) is 23.2 Å². The van der Waals surface area contributed by atoms with Crippen molar-refractivity contribution in [2.75, 3.05) is 19.5 Å². The van der Waals surface area contributed by atoms with Gasteiger partial charge < -0.3 is 14.8 Å². The molecule has 2 aromatic carbocycles. The van der Waals surface area contributed by atoms with E-state index in [0.717, 1.165) is 0 Å². The van der Waals surface area contributed by atoms with Crippen LogP contribution in [0.2, 0.25) is 0 Å². The van der Waals surface area contributed by atoms with Crippen molar-refractivity contribution in [2.24, 2.45) is 0 Å². The largest absolute Gasteiger partial charge is 0.497 e. The molecule has 0 bridgehead atoms.